The van der Waals surface area contributed by atoms with E-state index >= 15 is 0 Å². The largest absolute Gasteiger partial charge is 0.357 e. The standard InChI is InChI=1S/C20H24FN5.HI/c1-3-22-20(26(2)14-15-8-10-16(21)11-9-15)23-13-12-19-24-17-6-4-5-7-18(17)25-19;/h4-11H,3,12-14H2,1-2H3,(H,22,23)(H,24,25);1H. The summed E-state index contributed by atoms with van der Waals surface area (Å²) in [6.45, 7) is 4.13. The van der Waals surface area contributed by atoms with E-state index in [1.165, 1.54) is 12.1 Å². The van der Waals surface area contributed by atoms with Crippen LogP contribution >= 0.6 is 24.0 Å². The van der Waals surface area contributed by atoms with Gasteiger partial charge in [-0.2, -0.15) is 0 Å². The van der Waals surface area contributed by atoms with Gasteiger partial charge in [0.15, 0.2) is 5.96 Å². The topological polar surface area (TPSA) is 56.3 Å². The van der Waals surface area contributed by atoms with Crippen molar-refractivity contribution in [1.29, 1.82) is 0 Å². The zero-order valence-electron chi connectivity index (χ0n) is 15.6. The van der Waals surface area contributed by atoms with E-state index in [4.69, 9.17) is 0 Å². The van der Waals surface area contributed by atoms with Gasteiger partial charge in [0.25, 0.3) is 0 Å². The average molecular weight is 481 g/mol. The second-order valence-corrected chi connectivity index (χ2v) is 6.17. The van der Waals surface area contributed by atoms with Crippen molar-refractivity contribution in [3.63, 3.8) is 0 Å². The highest BCUT2D eigenvalue weighted by molar-refractivity contribution is 14.0. The summed E-state index contributed by atoms with van der Waals surface area (Å²) in [5.74, 6) is 1.54. The van der Waals surface area contributed by atoms with Crippen LogP contribution in [0.15, 0.2) is 53.5 Å². The second kappa shape index (κ2) is 10.2. The minimum Gasteiger partial charge on any atom is -0.357 e. The maximum Gasteiger partial charge on any atom is 0.193 e. The first-order valence-corrected chi connectivity index (χ1v) is 8.83. The maximum atomic E-state index is 13.0. The Kier molecular flexibility index (Phi) is 8.02. The molecule has 1 heterocycles. The lowest BCUT2D eigenvalue weighted by molar-refractivity contribution is 0.476. The van der Waals surface area contributed by atoms with E-state index in [1.807, 2.05) is 43.1 Å². The number of rotatable bonds is 6. The maximum absolute atomic E-state index is 13.0. The zero-order chi connectivity index (χ0) is 18.4. The Morgan fingerprint density at radius 3 is 2.63 bits per heavy atom. The van der Waals surface area contributed by atoms with Crippen LogP contribution in [-0.4, -0.2) is 41.0 Å². The van der Waals surface area contributed by atoms with Crippen LogP contribution in [0.3, 0.4) is 0 Å². The molecule has 7 heteroatoms. The minimum absolute atomic E-state index is 0. The molecule has 0 saturated heterocycles. The molecule has 0 bridgehead atoms. The van der Waals surface area contributed by atoms with Crippen LogP contribution < -0.4 is 5.32 Å². The molecule has 2 N–H and O–H groups in total. The molecule has 144 valence electrons. The molecule has 0 unspecified atom stereocenters. The van der Waals surface area contributed by atoms with E-state index in [1.54, 1.807) is 12.1 Å². The Hall–Kier alpha value is -2.16. The zero-order valence-corrected chi connectivity index (χ0v) is 17.9. The summed E-state index contributed by atoms with van der Waals surface area (Å²) in [7, 11) is 1.98. The van der Waals surface area contributed by atoms with Crippen LogP contribution in [0.2, 0.25) is 0 Å². The average Bonchev–Trinajstić information content (AvgIpc) is 3.05. The van der Waals surface area contributed by atoms with Gasteiger partial charge in [0, 0.05) is 33.1 Å². The van der Waals surface area contributed by atoms with Crippen molar-refractivity contribution in [2.45, 2.75) is 19.9 Å². The SMILES string of the molecule is CCNC(=NCCc1nc2ccccc2[nH]1)N(C)Cc1ccc(F)cc1.I. The van der Waals surface area contributed by atoms with Crippen LogP contribution in [0.5, 0.6) is 0 Å². The number of halogens is 2. The second-order valence-electron chi connectivity index (χ2n) is 6.17. The first-order valence-electron chi connectivity index (χ1n) is 8.83. The Bertz CT molecular complexity index is 842. The number of nitrogens with zero attached hydrogens (tertiary/aromatic N) is 3. The highest BCUT2D eigenvalue weighted by atomic mass is 127. The highest BCUT2D eigenvalue weighted by Crippen LogP contribution is 2.11. The molecule has 0 aliphatic heterocycles. The number of nitrogens with one attached hydrogen (secondary N) is 2. The van der Waals surface area contributed by atoms with Crippen molar-refractivity contribution in [1.82, 2.24) is 20.2 Å². The lowest BCUT2D eigenvalue weighted by atomic mass is 10.2. The summed E-state index contributed by atoms with van der Waals surface area (Å²) in [4.78, 5) is 14.6. The molecule has 3 aromatic rings. The van der Waals surface area contributed by atoms with Crippen molar-refractivity contribution in [2.75, 3.05) is 20.1 Å². The molecule has 0 aliphatic rings. The third-order valence-corrected chi connectivity index (χ3v) is 4.08. The molecular weight excluding hydrogens is 456 g/mol. The van der Waals surface area contributed by atoms with Gasteiger partial charge in [0.2, 0.25) is 0 Å². The molecule has 3 rings (SSSR count). The first-order chi connectivity index (χ1) is 12.7. The fourth-order valence-corrected chi connectivity index (χ4v) is 2.80. The lowest BCUT2D eigenvalue weighted by Gasteiger charge is -2.22. The number of imidazole rings is 1. The van der Waals surface area contributed by atoms with E-state index in [-0.39, 0.29) is 29.8 Å². The van der Waals surface area contributed by atoms with Gasteiger partial charge in [-0.05, 0) is 36.8 Å². The van der Waals surface area contributed by atoms with E-state index in [0.717, 1.165) is 41.3 Å². The van der Waals surface area contributed by atoms with Crippen LogP contribution in [0, 0.1) is 5.82 Å². The molecule has 5 nitrogen and oxygen atoms in total. The summed E-state index contributed by atoms with van der Waals surface area (Å²) in [5, 5.41) is 3.30. The number of aromatic amines is 1. The molecule has 1 aromatic heterocycles. The number of hydrogen-bond donors (Lipinski definition) is 2. The van der Waals surface area contributed by atoms with Crippen molar-refractivity contribution >= 4 is 41.0 Å². The molecule has 0 amide bonds. The van der Waals surface area contributed by atoms with Gasteiger partial charge in [0.1, 0.15) is 11.6 Å². The van der Waals surface area contributed by atoms with Crippen molar-refractivity contribution in [2.24, 2.45) is 4.99 Å². The van der Waals surface area contributed by atoms with E-state index < -0.39 is 0 Å². The van der Waals surface area contributed by atoms with Gasteiger partial charge in [-0.1, -0.05) is 24.3 Å². The van der Waals surface area contributed by atoms with Crippen LogP contribution in [0.4, 0.5) is 4.39 Å². The predicted molar refractivity (Wildman–Crippen MR) is 119 cm³/mol. The third-order valence-electron chi connectivity index (χ3n) is 4.08. The van der Waals surface area contributed by atoms with Crippen molar-refractivity contribution in [3.8, 4) is 0 Å². The molecule has 0 aliphatic carbocycles. The number of aromatic nitrogens is 2. The number of para-hydroxylation sites is 2. The Balaban J connectivity index is 0.00000261. The van der Waals surface area contributed by atoms with Gasteiger partial charge >= 0.3 is 0 Å². The van der Waals surface area contributed by atoms with Crippen molar-refractivity contribution in [3.05, 3.63) is 65.7 Å². The summed E-state index contributed by atoms with van der Waals surface area (Å²) in [5.41, 5.74) is 3.07. The molecule has 0 saturated carbocycles. The summed E-state index contributed by atoms with van der Waals surface area (Å²) in [6, 6.07) is 14.6. The van der Waals surface area contributed by atoms with Crippen LogP contribution in [0.1, 0.15) is 18.3 Å². The number of fused-ring (bicyclic) bond motifs is 1. The highest BCUT2D eigenvalue weighted by Gasteiger charge is 2.07. The van der Waals surface area contributed by atoms with Gasteiger partial charge in [-0.15, -0.1) is 24.0 Å². The lowest BCUT2D eigenvalue weighted by Crippen LogP contribution is -2.38. The fourth-order valence-electron chi connectivity index (χ4n) is 2.80. The van der Waals surface area contributed by atoms with E-state index in [0.29, 0.717) is 13.1 Å². The Morgan fingerprint density at radius 2 is 1.93 bits per heavy atom. The molecule has 2 aromatic carbocycles. The van der Waals surface area contributed by atoms with Gasteiger partial charge < -0.3 is 15.2 Å². The number of H-pyrrole nitrogens is 1. The summed E-state index contributed by atoms with van der Waals surface area (Å²) < 4.78 is 13.0. The molecular formula is C20H25FIN5. The normalized spacial score (nSPS) is 11.3. The fraction of sp³-hybridized carbons (Fsp3) is 0.300. The number of aliphatic imine (C=N–C) groups is 1. The molecule has 0 atom stereocenters. The van der Waals surface area contributed by atoms with Crippen LogP contribution in [-0.2, 0) is 13.0 Å². The smallest absolute Gasteiger partial charge is 0.193 e. The first kappa shape index (κ1) is 21.1. The van der Waals surface area contributed by atoms with Crippen LogP contribution in [0.25, 0.3) is 11.0 Å². The third kappa shape index (κ3) is 5.92. The van der Waals surface area contributed by atoms with Gasteiger partial charge in [-0.3, -0.25) is 4.99 Å². The molecule has 0 spiro atoms. The summed E-state index contributed by atoms with van der Waals surface area (Å²) >= 11 is 0. The molecule has 27 heavy (non-hydrogen) atoms. The minimum atomic E-state index is -0.220. The number of hydrogen-bond acceptors (Lipinski definition) is 2. The number of benzene rings is 2. The molecule has 0 fully saturated rings. The number of guanidine groups is 1. The van der Waals surface area contributed by atoms with Gasteiger partial charge in [-0.25, -0.2) is 9.37 Å². The quantitative estimate of drug-likeness (QED) is 0.319. The Morgan fingerprint density at radius 1 is 1.19 bits per heavy atom. The summed E-state index contributed by atoms with van der Waals surface area (Å²) in [6.07, 6.45) is 0.744. The monoisotopic (exact) mass is 481 g/mol. The van der Waals surface area contributed by atoms with E-state index in [9.17, 15) is 4.39 Å². The van der Waals surface area contributed by atoms with E-state index in [2.05, 4.69) is 20.3 Å². The van der Waals surface area contributed by atoms with Gasteiger partial charge in [0.05, 0.1) is 11.0 Å². The predicted octanol–water partition coefficient (Wildman–Crippen LogP) is 3.96. The Labute approximate surface area is 176 Å². The van der Waals surface area contributed by atoms with Crippen molar-refractivity contribution < 1.29 is 4.39 Å². The molecule has 0 radical (unpaired) electrons.